The number of carbonyl (C=O) groups is 3. The van der Waals surface area contributed by atoms with Crippen molar-refractivity contribution >= 4 is 17.8 Å². The van der Waals surface area contributed by atoms with Crippen LogP contribution >= 0.6 is 0 Å². The molecule has 2 aromatic rings. The molecule has 1 saturated heterocycles. The van der Waals surface area contributed by atoms with Crippen LogP contribution in [0.3, 0.4) is 0 Å². The monoisotopic (exact) mass is 419 g/mol. The second kappa shape index (κ2) is 8.61. The molecule has 31 heavy (non-hydrogen) atoms. The SMILES string of the molecule is Cc1ccc(CNC(=O)CN2C(=O)N(Cc3ccccc3)C(=O)C3NN(C)C=C32)cc1. The molecule has 2 aliphatic heterocycles. The smallest absolute Gasteiger partial charge is 0.331 e. The lowest BCUT2D eigenvalue weighted by molar-refractivity contribution is -0.134. The molecule has 4 rings (SSSR count). The van der Waals surface area contributed by atoms with Crippen molar-refractivity contribution in [1.29, 1.82) is 0 Å². The van der Waals surface area contributed by atoms with E-state index in [2.05, 4.69) is 10.7 Å². The fraction of sp³-hybridized carbons (Fsp3) is 0.261. The maximum absolute atomic E-state index is 13.2. The number of hydrogen-bond acceptors (Lipinski definition) is 5. The van der Waals surface area contributed by atoms with Crippen LogP contribution in [0.25, 0.3) is 0 Å². The van der Waals surface area contributed by atoms with E-state index in [-0.39, 0.29) is 24.9 Å². The minimum atomic E-state index is -0.698. The van der Waals surface area contributed by atoms with Gasteiger partial charge in [0.05, 0.1) is 12.2 Å². The first-order chi connectivity index (χ1) is 14.9. The number of aryl methyl sites for hydroxylation is 1. The third-order valence-corrected chi connectivity index (χ3v) is 5.34. The molecule has 0 bridgehead atoms. The molecule has 0 radical (unpaired) electrons. The molecular weight excluding hydrogens is 394 g/mol. The van der Waals surface area contributed by atoms with Gasteiger partial charge >= 0.3 is 6.03 Å². The van der Waals surface area contributed by atoms with Crippen molar-refractivity contribution in [2.45, 2.75) is 26.1 Å². The van der Waals surface area contributed by atoms with Gasteiger partial charge in [0.25, 0.3) is 5.91 Å². The van der Waals surface area contributed by atoms with Crippen LogP contribution < -0.4 is 10.7 Å². The summed E-state index contributed by atoms with van der Waals surface area (Å²) in [6.07, 6.45) is 1.67. The van der Waals surface area contributed by atoms with E-state index in [0.29, 0.717) is 12.2 Å². The number of carbonyl (C=O) groups excluding carboxylic acids is 3. The van der Waals surface area contributed by atoms with E-state index in [1.807, 2.05) is 61.5 Å². The average Bonchev–Trinajstić information content (AvgIpc) is 3.16. The van der Waals surface area contributed by atoms with Gasteiger partial charge < -0.3 is 10.3 Å². The molecule has 8 nitrogen and oxygen atoms in total. The van der Waals surface area contributed by atoms with Gasteiger partial charge in [-0.25, -0.2) is 10.2 Å². The van der Waals surface area contributed by atoms with Gasteiger partial charge in [-0.3, -0.25) is 19.4 Å². The van der Waals surface area contributed by atoms with E-state index in [1.165, 1.54) is 9.80 Å². The molecule has 2 N–H and O–H groups in total. The Balaban J connectivity index is 1.49. The van der Waals surface area contributed by atoms with Crippen LogP contribution in [0.15, 0.2) is 66.5 Å². The normalized spacial score (nSPS) is 18.2. The molecule has 4 amide bonds. The highest BCUT2D eigenvalue weighted by molar-refractivity contribution is 6.04. The minimum Gasteiger partial charge on any atom is -0.350 e. The third kappa shape index (κ3) is 4.44. The first-order valence-corrected chi connectivity index (χ1v) is 10.1. The van der Waals surface area contributed by atoms with Crippen LogP contribution in [0.5, 0.6) is 0 Å². The van der Waals surface area contributed by atoms with Gasteiger partial charge in [-0.15, -0.1) is 0 Å². The quantitative estimate of drug-likeness (QED) is 0.745. The first kappa shape index (κ1) is 20.6. The Labute approximate surface area is 181 Å². The van der Waals surface area contributed by atoms with E-state index in [1.54, 1.807) is 18.3 Å². The van der Waals surface area contributed by atoms with Gasteiger partial charge in [-0.1, -0.05) is 60.2 Å². The summed E-state index contributed by atoms with van der Waals surface area (Å²) in [5, 5.41) is 4.49. The summed E-state index contributed by atoms with van der Waals surface area (Å²) in [5.41, 5.74) is 6.47. The molecule has 2 heterocycles. The molecular formula is C23H25N5O3. The van der Waals surface area contributed by atoms with E-state index in [9.17, 15) is 14.4 Å². The molecule has 2 aliphatic rings. The Morgan fingerprint density at radius 2 is 1.71 bits per heavy atom. The van der Waals surface area contributed by atoms with Gasteiger partial charge in [0.15, 0.2) is 0 Å². The summed E-state index contributed by atoms with van der Waals surface area (Å²) in [6, 6.07) is 16.0. The largest absolute Gasteiger partial charge is 0.350 e. The molecule has 1 atom stereocenters. The van der Waals surface area contributed by atoms with E-state index in [0.717, 1.165) is 16.7 Å². The molecule has 0 spiro atoms. The van der Waals surface area contributed by atoms with Crippen LogP contribution in [0.1, 0.15) is 16.7 Å². The summed E-state index contributed by atoms with van der Waals surface area (Å²) < 4.78 is 0. The summed E-state index contributed by atoms with van der Waals surface area (Å²) in [5.74, 6) is -0.627. The van der Waals surface area contributed by atoms with E-state index >= 15 is 0 Å². The first-order valence-electron chi connectivity index (χ1n) is 10.1. The fourth-order valence-electron chi connectivity index (χ4n) is 3.67. The predicted octanol–water partition coefficient (Wildman–Crippen LogP) is 1.74. The molecule has 0 aliphatic carbocycles. The Bertz CT molecular complexity index is 1020. The maximum Gasteiger partial charge on any atom is 0.331 e. The van der Waals surface area contributed by atoms with Crippen LogP contribution in [0.4, 0.5) is 4.79 Å². The van der Waals surface area contributed by atoms with Crippen molar-refractivity contribution in [2.24, 2.45) is 0 Å². The molecule has 0 saturated carbocycles. The van der Waals surface area contributed by atoms with Gasteiger partial charge in [-0.05, 0) is 18.1 Å². The number of amides is 4. The zero-order chi connectivity index (χ0) is 22.0. The fourth-order valence-corrected chi connectivity index (χ4v) is 3.67. The van der Waals surface area contributed by atoms with Crippen molar-refractivity contribution < 1.29 is 14.4 Å². The van der Waals surface area contributed by atoms with Gasteiger partial charge in [0.2, 0.25) is 5.91 Å². The zero-order valence-electron chi connectivity index (χ0n) is 17.5. The van der Waals surface area contributed by atoms with Gasteiger partial charge in [-0.2, -0.15) is 0 Å². The molecule has 2 aromatic carbocycles. The number of imide groups is 1. The number of fused-ring (bicyclic) bond motifs is 1. The Morgan fingerprint density at radius 1 is 1.00 bits per heavy atom. The highest BCUT2D eigenvalue weighted by Crippen LogP contribution is 2.26. The number of benzene rings is 2. The molecule has 8 heteroatoms. The lowest BCUT2D eigenvalue weighted by Gasteiger charge is -2.37. The second-order valence-electron chi connectivity index (χ2n) is 7.77. The van der Waals surface area contributed by atoms with Crippen molar-refractivity contribution in [3.8, 4) is 0 Å². The van der Waals surface area contributed by atoms with E-state index in [4.69, 9.17) is 0 Å². The summed E-state index contributed by atoms with van der Waals surface area (Å²) >= 11 is 0. The maximum atomic E-state index is 13.2. The molecule has 1 fully saturated rings. The highest BCUT2D eigenvalue weighted by atomic mass is 16.2. The average molecular weight is 419 g/mol. The molecule has 160 valence electrons. The number of hydrazine groups is 1. The van der Waals surface area contributed by atoms with Crippen molar-refractivity contribution in [3.63, 3.8) is 0 Å². The van der Waals surface area contributed by atoms with Crippen LogP contribution in [-0.2, 0) is 22.7 Å². The summed E-state index contributed by atoms with van der Waals surface area (Å²) in [6.45, 7) is 2.36. The Kier molecular flexibility index (Phi) is 5.73. The van der Waals surface area contributed by atoms with Gasteiger partial charge in [0, 0.05) is 19.8 Å². The highest BCUT2D eigenvalue weighted by Gasteiger charge is 2.46. The lowest BCUT2D eigenvalue weighted by Crippen LogP contribution is -2.61. The van der Waals surface area contributed by atoms with Crippen LogP contribution in [-0.4, -0.2) is 52.3 Å². The molecule has 1 unspecified atom stereocenters. The van der Waals surface area contributed by atoms with E-state index < -0.39 is 12.1 Å². The summed E-state index contributed by atoms with van der Waals surface area (Å²) in [4.78, 5) is 41.4. The van der Waals surface area contributed by atoms with Crippen LogP contribution in [0.2, 0.25) is 0 Å². The lowest BCUT2D eigenvalue weighted by atomic mass is 10.1. The number of urea groups is 1. The van der Waals surface area contributed by atoms with Crippen molar-refractivity contribution in [2.75, 3.05) is 13.6 Å². The Hall–Kier alpha value is -3.65. The minimum absolute atomic E-state index is 0.148. The standard InChI is InChI=1S/C23H25N5O3/c1-16-8-10-17(11-9-16)12-24-20(29)15-27-19-14-26(2)25-21(19)22(30)28(23(27)31)13-18-6-4-3-5-7-18/h3-11,14,21,25H,12-13,15H2,1-2H3,(H,24,29). The number of nitrogens with one attached hydrogen (secondary N) is 2. The number of hydrogen-bond donors (Lipinski definition) is 2. The number of nitrogens with zero attached hydrogens (tertiary/aromatic N) is 3. The van der Waals surface area contributed by atoms with Crippen molar-refractivity contribution in [3.05, 3.63) is 83.2 Å². The number of rotatable bonds is 6. The van der Waals surface area contributed by atoms with Crippen molar-refractivity contribution in [1.82, 2.24) is 25.6 Å². The summed E-state index contributed by atoms with van der Waals surface area (Å²) in [7, 11) is 1.75. The Morgan fingerprint density at radius 3 is 2.42 bits per heavy atom. The second-order valence-corrected chi connectivity index (χ2v) is 7.77. The topological polar surface area (TPSA) is 85.0 Å². The van der Waals surface area contributed by atoms with Gasteiger partial charge in [0.1, 0.15) is 12.6 Å². The van der Waals surface area contributed by atoms with Crippen LogP contribution in [0, 0.1) is 6.92 Å². The predicted molar refractivity (Wildman–Crippen MR) is 115 cm³/mol. The zero-order valence-corrected chi connectivity index (χ0v) is 17.5. The third-order valence-electron chi connectivity index (χ3n) is 5.34. The molecule has 0 aromatic heterocycles.